The summed E-state index contributed by atoms with van der Waals surface area (Å²) in [5.41, 5.74) is 2.65. The minimum absolute atomic E-state index is 0.165. The molecule has 1 N–H and O–H groups in total. The molecule has 0 bridgehead atoms. The largest absolute Gasteiger partial charge is 0.508 e. The van der Waals surface area contributed by atoms with E-state index in [9.17, 15) is 9.50 Å². The van der Waals surface area contributed by atoms with Crippen molar-refractivity contribution in [3.8, 4) is 18.1 Å². The van der Waals surface area contributed by atoms with Crippen LogP contribution in [0.2, 0.25) is 0 Å². The van der Waals surface area contributed by atoms with Crippen LogP contribution in [0.15, 0.2) is 18.0 Å². The van der Waals surface area contributed by atoms with Crippen LogP contribution < -0.4 is 0 Å². The maximum atomic E-state index is 13.5. The molecule has 0 atom stereocenters. The van der Waals surface area contributed by atoms with Gasteiger partial charge < -0.3 is 5.11 Å². The monoisotopic (exact) mass is 262 g/mol. The van der Waals surface area contributed by atoms with Crippen LogP contribution >= 0.6 is 0 Å². The first kappa shape index (κ1) is 17.2. The van der Waals surface area contributed by atoms with Crippen molar-refractivity contribution < 1.29 is 9.50 Å². The van der Waals surface area contributed by atoms with E-state index >= 15 is 0 Å². The molecule has 0 unspecified atom stereocenters. The average Bonchev–Trinajstić information content (AvgIpc) is 2.34. The molecule has 0 radical (unpaired) electrons. The molecule has 104 valence electrons. The van der Waals surface area contributed by atoms with Crippen LogP contribution in [-0.2, 0) is 0 Å². The molecule has 1 aromatic carbocycles. The minimum Gasteiger partial charge on any atom is -0.508 e. The number of terminal acetylenes is 1. The molecule has 2 heteroatoms. The molecule has 0 amide bonds. The van der Waals surface area contributed by atoms with Crippen LogP contribution in [-0.4, -0.2) is 5.11 Å². The van der Waals surface area contributed by atoms with Gasteiger partial charge in [0.15, 0.2) is 0 Å². The summed E-state index contributed by atoms with van der Waals surface area (Å²) in [6.07, 6.45) is 5.37. The van der Waals surface area contributed by atoms with Crippen molar-refractivity contribution in [2.75, 3.05) is 0 Å². The van der Waals surface area contributed by atoms with Crippen molar-refractivity contribution in [1.82, 2.24) is 0 Å². The van der Waals surface area contributed by atoms with Crippen LogP contribution in [0.3, 0.4) is 0 Å². The Labute approximate surface area is 116 Å². The fourth-order valence-corrected chi connectivity index (χ4v) is 1.94. The summed E-state index contributed by atoms with van der Waals surface area (Å²) in [5, 5.41) is 9.60. The van der Waals surface area contributed by atoms with Gasteiger partial charge in [0.05, 0.1) is 5.57 Å². The van der Waals surface area contributed by atoms with Gasteiger partial charge in [0, 0.05) is 0 Å². The zero-order valence-corrected chi connectivity index (χ0v) is 12.6. The molecule has 0 saturated heterocycles. The summed E-state index contributed by atoms with van der Waals surface area (Å²) >= 11 is 0. The Morgan fingerprint density at radius 2 is 1.84 bits per heavy atom. The Hall–Kier alpha value is -1.75. The fraction of sp³-hybridized carbons (Fsp3) is 0.412. The predicted molar refractivity (Wildman–Crippen MR) is 80.8 cm³/mol. The van der Waals surface area contributed by atoms with Crippen molar-refractivity contribution in [2.45, 2.75) is 47.5 Å². The Morgan fingerprint density at radius 3 is 2.21 bits per heavy atom. The first-order chi connectivity index (χ1) is 8.88. The lowest BCUT2D eigenvalue weighted by molar-refractivity contribution is 0.473. The highest BCUT2D eigenvalue weighted by molar-refractivity contribution is 5.83. The molecule has 0 fully saturated rings. The standard InChI is InChI=1S/C15H17FO.C2H6/c1-6-13(11(5)16)15-10(4)7-12(17)8-14(15)9(2)3;1-2/h1,7-9,17H,2-5H3;1-2H3/b13-11+;. The molecular weight excluding hydrogens is 239 g/mol. The maximum Gasteiger partial charge on any atom is 0.116 e. The number of rotatable bonds is 2. The molecule has 0 aliphatic carbocycles. The molecule has 0 heterocycles. The van der Waals surface area contributed by atoms with E-state index in [-0.39, 0.29) is 23.1 Å². The number of hydrogen-bond donors (Lipinski definition) is 1. The van der Waals surface area contributed by atoms with Crippen LogP contribution in [0.1, 0.15) is 57.2 Å². The van der Waals surface area contributed by atoms with Gasteiger partial charge >= 0.3 is 0 Å². The van der Waals surface area contributed by atoms with Crippen LogP contribution in [0, 0.1) is 19.3 Å². The molecule has 0 saturated carbocycles. The SMILES string of the molecule is C#C/C(=C(/C)F)c1c(C)cc(O)cc1C(C)C.CC. The molecule has 1 nitrogen and oxygen atoms in total. The topological polar surface area (TPSA) is 20.2 Å². The lowest BCUT2D eigenvalue weighted by atomic mass is 9.88. The quantitative estimate of drug-likeness (QED) is 0.728. The third-order valence-corrected chi connectivity index (χ3v) is 2.71. The second-order valence-corrected chi connectivity index (χ2v) is 4.43. The van der Waals surface area contributed by atoms with E-state index in [1.807, 2.05) is 34.6 Å². The second-order valence-electron chi connectivity index (χ2n) is 4.43. The van der Waals surface area contributed by atoms with E-state index in [1.165, 1.54) is 6.92 Å². The van der Waals surface area contributed by atoms with Gasteiger partial charge in [-0.15, -0.1) is 6.42 Å². The first-order valence-electron chi connectivity index (χ1n) is 6.55. The minimum atomic E-state index is -0.372. The number of hydrogen-bond acceptors (Lipinski definition) is 1. The summed E-state index contributed by atoms with van der Waals surface area (Å²) in [4.78, 5) is 0. The number of phenolic OH excluding ortho intramolecular Hbond substituents is 1. The summed E-state index contributed by atoms with van der Waals surface area (Å²) in [5.74, 6) is 2.37. The Morgan fingerprint density at radius 1 is 1.32 bits per heavy atom. The highest BCUT2D eigenvalue weighted by atomic mass is 19.1. The highest BCUT2D eigenvalue weighted by Crippen LogP contribution is 2.33. The van der Waals surface area contributed by atoms with Crippen LogP contribution in [0.5, 0.6) is 5.75 Å². The first-order valence-corrected chi connectivity index (χ1v) is 6.55. The Kier molecular flexibility index (Phi) is 6.93. The van der Waals surface area contributed by atoms with E-state index < -0.39 is 0 Å². The van der Waals surface area contributed by atoms with E-state index in [4.69, 9.17) is 6.42 Å². The van der Waals surface area contributed by atoms with Gasteiger partial charge in [0.25, 0.3) is 0 Å². The van der Waals surface area contributed by atoms with Gasteiger partial charge in [-0.2, -0.15) is 0 Å². The van der Waals surface area contributed by atoms with Gasteiger partial charge in [0.1, 0.15) is 11.6 Å². The van der Waals surface area contributed by atoms with Gasteiger partial charge in [-0.05, 0) is 48.6 Å². The molecule has 0 aliphatic rings. The van der Waals surface area contributed by atoms with E-state index in [0.29, 0.717) is 0 Å². The zero-order valence-electron chi connectivity index (χ0n) is 12.6. The molecular formula is C17H23FO. The summed E-state index contributed by atoms with van der Waals surface area (Å²) in [6, 6.07) is 3.24. The molecule has 1 rings (SSSR count). The van der Waals surface area contributed by atoms with Gasteiger partial charge in [-0.1, -0.05) is 33.6 Å². The van der Waals surface area contributed by atoms with Gasteiger partial charge in [0.2, 0.25) is 0 Å². The van der Waals surface area contributed by atoms with Crippen molar-refractivity contribution in [2.24, 2.45) is 0 Å². The second kappa shape index (κ2) is 7.63. The molecule has 0 spiro atoms. The number of phenols is 1. The lowest BCUT2D eigenvalue weighted by Crippen LogP contribution is -1.99. The van der Waals surface area contributed by atoms with E-state index in [0.717, 1.165) is 16.7 Å². The van der Waals surface area contributed by atoms with Crippen molar-refractivity contribution in [3.05, 3.63) is 34.6 Å². The molecule has 0 aliphatic heterocycles. The normalized spacial score (nSPS) is 11.3. The average molecular weight is 262 g/mol. The molecule has 1 aromatic rings. The fourth-order valence-electron chi connectivity index (χ4n) is 1.94. The van der Waals surface area contributed by atoms with Gasteiger partial charge in [-0.25, -0.2) is 4.39 Å². The maximum absolute atomic E-state index is 13.5. The van der Waals surface area contributed by atoms with Crippen LogP contribution in [0.25, 0.3) is 5.57 Å². The number of aryl methyl sites for hydroxylation is 1. The van der Waals surface area contributed by atoms with Gasteiger partial charge in [-0.3, -0.25) is 0 Å². The lowest BCUT2D eigenvalue weighted by Gasteiger charge is -2.16. The van der Waals surface area contributed by atoms with Crippen molar-refractivity contribution in [3.63, 3.8) is 0 Å². The number of halogens is 1. The number of allylic oxidation sites excluding steroid dienone is 2. The summed E-state index contributed by atoms with van der Waals surface area (Å²) in [6.45, 7) is 11.1. The van der Waals surface area contributed by atoms with Crippen molar-refractivity contribution >= 4 is 5.57 Å². The van der Waals surface area contributed by atoms with Crippen molar-refractivity contribution in [1.29, 1.82) is 0 Å². The predicted octanol–water partition coefficient (Wildman–Crippen LogP) is 5.18. The van der Waals surface area contributed by atoms with Crippen LogP contribution in [0.4, 0.5) is 4.39 Å². The summed E-state index contributed by atoms with van der Waals surface area (Å²) < 4.78 is 13.5. The Bertz CT molecular complexity index is 501. The third-order valence-electron chi connectivity index (χ3n) is 2.71. The summed E-state index contributed by atoms with van der Waals surface area (Å²) in [7, 11) is 0. The number of benzene rings is 1. The zero-order chi connectivity index (χ0) is 15.2. The van der Waals surface area contributed by atoms with E-state index in [2.05, 4.69) is 5.92 Å². The third kappa shape index (κ3) is 4.13. The molecule has 0 aromatic heterocycles. The smallest absolute Gasteiger partial charge is 0.116 e. The van der Waals surface area contributed by atoms with E-state index in [1.54, 1.807) is 12.1 Å². The molecule has 19 heavy (non-hydrogen) atoms. The highest BCUT2D eigenvalue weighted by Gasteiger charge is 2.15. The number of aromatic hydroxyl groups is 1. The Balaban J connectivity index is 0.00000154.